The van der Waals surface area contributed by atoms with Crippen LogP contribution in [0.25, 0.3) is 0 Å². The Balaban J connectivity index is 1.77. The SMILES string of the molecule is Cc1nc(NN)c(C)c(N2CCN(C3CC3)CC2)n1. The van der Waals surface area contributed by atoms with Crippen LogP contribution in [0.5, 0.6) is 0 Å². The van der Waals surface area contributed by atoms with Crippen LogP contribution in [0.4, 0.5) is 11.6 Å². The Morgan fingerprint density at radius 3 is 2.37 bits per heavy atom. The number of hydrogen-bond donors (Lipinski definition) is 2. The van der Waals surface area contributed by atoms with E-state index in [1.807, 2.05) is 13.8 Å². The molecule has 0 aromatic carbocycles. The fraction of sp³-hybridized carbons (Fsp3) is 0.692. The number of anilines is 2. The van der Waals surface area contributed by atoms with E-state index in [2.05, 4.69) is 25.2 Å². The van der Waals surface area contributed by atoms with Crippen LogP contribution < -0.4 is 16.2 Å². The molecule has 1 aromatic rings. The number of hydrogen-bond acceptors (Lipinski definition) is 6. The summed E-state index contributed by atoms with van der Waals surface area (Å²) in [7, 11) is 0. The van der Waals surface area contributed by atoms with E-state index in [4.69, 9.17) is 5.84 Å². The van der Waals surface area contributed by atoms with Gasteiger partial charge in [0.25, 0.3) is 0 Å². The quantitative estimate of drug-likeness (QED) is 0.616. The van der Waals surface area contributed by atoms with Crippen LogP contribution in [0.2, 0.25) is 0 Å². The van der Waals surface area contributed by atoms with E-state index in [-0.39, 0.29) is 0 Å². The maximum Gasteiger partial charge on any atom is 0.148 e. The second kappa shape index (κ2) is 4.94. The molecule has 0 radical (unpaired) electrons. The molecule has 19 heavy (non-hydrogen) atoms. The number of nitrogen functional groups attached to an aromatic ring is 1. The van der Waals surface area contributed by atoms with Crippen molar-refractivity contribution < 1.29 is 0 Å². The smallest absolute Gasteiger partial charge is 0.148 e. The molecular formula is C13H22N6. The molecule has 1 saturated heterocycles. The largest absolute Gasteiger partial charge is 0.354 e. The maximum absolute atomic E-state index is 5.52. The number of aromatic nitrogens is 2. The molecule has 2 heterocycles. The summed E-state index contributed by atoms with van der Waals surface area (Å²) < 4.78 is 0. The van der Waals surface area contributed by atoms with Crippen molar-refractivity contribution in [2.45, 2.75) is 32.7 Å². The zero-order chi connectivity index (χ0) is 13.4. The Morgan fingerprint density at radius 1 is 1.11 bits per heavy atom. The Kier molecular flexibility index (Phi) is 3.28. The predicted molar refractivity (Wildman–Crippen MR) is 76.1 cm³/mol. The molecule has 6 heteroatoms. The standard InChI is InChI=1S/C13H22N6/c1-9-12(17-14)15-10(2)16-13(9)19-7-5-18(6-8-19)11-3-4-11/h11H,3-8,14H2,1-2H3,(H,15,16,17). The first-order valence-electron chi connectivity index (χ1n) is 7.00. The number of hydrazine groups is 1. The van der Waals surface area contributed by atoms with Crippen LogP contribution in [0.1, 0.15) is 24.2 Å². The average Bonchev–Trinajstić information content (AvgIpc) is 3.26. The van der Waals surface area contributed by atoms with Crippen molar-refractivity contribution in [3.05, 3.63) is 11.4 Å². The summed E-state index contributed by atoms with van der Waals surface area (Å²) >= 11 is 0. The summed E-state index contributed by atoms with van der Waals surface area (Å²) in [4.78, 5) is 13.9. The highest BCUT2D eigenvalue weighted by Crippen LogP contribution is 2.29. The topological polar surface area (TPSA) is 70.3 Å². The van der Waals surface area contributed by atoms with Crippen LogP contribution >= 0.6 is 0 Å². The van der Waals surface area contributed by atoms with Crippen molar-refractivity contribution >= 4 is 11.6 Å². The van der Waals surface area contributed by atoms with Gasteiger partial charge in [0.2, 0.25) is 0 Å². The fourth-order valence-corrected chi connectivity index (χ4v) is 2.80. The molecule has 1 aromatic heterocycles. The lowest BCUT2D eigenvalue weighted by Gasteiger charge is -2.36. The van der Waals surface area contributed by atoms with Crippen LogP contribution in [-0.4, -0.2) is 47.1 Å². The van der Waals surface area contributed by atoms with Gasteiger partial charge >= 0.3 is 0 Å². The van der Waals surface area contributed by atoms with E-state index in [9.17, 15) is 0 Å². The van der Waals surface area contributed by atoms with E-state index in [1.54, 1.807) is 0 Å². The van der Waals surface area contributed by atoms with E-state index in [0.29, 0.717) is 0 Å². The first-order valence-corrected chi connectivity index (χ1v) is 7.00. The second-order valence-electron chi connectivity index (χ2n) is 5.47. The summed E-state index contributed by atoms with van der Waals surface area (Å²) in [6.07, 6.45) is 2.76. The van der Waals surface area contributed by atoms with Crippen molar-refractivity contribution in [1.29, 1.82) is 0 Å². The van der Waals surface area contributed by atoms with Crippen molar-refractivity contribution in [1.82, 2.24) is 14.9 Å². The second-order valence-corrected chi connectivity index (χ2v) is 5.47. The molecule has 0 spiro atoms. The fourth-order valence-electron chi connectivity index (χ4n) is 2.80. The van der Waals surface area contributed by atoms with Crippen LogP contribution in [0.3, 0.4) is 0 Å². The third kappa shape index (κ3) is 2.50. The zero-order valence-corrected chi connectivity index (χ0v) is 11.7. The number of aryl methyl sites for hydroxylation is 1. The molecule has 2 fully saturated rings. The molecule has 2 aliphatic rings. The molecule has 0 amide bonds. The van der Waals surface area contributed by atoms with Gasteiger partial charge in [0.15, 0.2) is 0 Å². The molecule has 1 aliphatic carbocycles. The third-order valence-electron chi connectivity index (χ3n) is 4.05. The lowest BCUT2D eigenvalue weighted by molar-refractivity contribution is 0.247. The lowest BCUT2D eigenvalue weighted by atomic mass is 10.2. The minimum atomic E-state index is 0.729. The lowest BCUT2D eigenvalue weighted by Crippen LogP contribution is -2.47. The average molecular weight is 262 g/mol. The molecule has 3 rings (SSSR count). The van der Waals surface area contributed by atoms with E-state index in [0.717, 1.165) is 55.2 Å². The minimum absolute atomic E-state index is 0.729. The van der Waals surface area contributed by atoms with Crippen molar-refractivity contribution in [2.75, 3.05) is 36.5 Å². The van der Waals surface area contributed by atoms with Gasteiger partial charge in [-0.2, -0.15) is 0 Å². The highest BCUT2D eigenvalue weighted by atomic mass is 15.3. The summed E-state index contributed by atoms with van der Waals surface area (Å²) in [6.45, 7) is 8.29. The van der Waals surface area contributed by atoms with Gasteiger partial charge in [-0.1, -0.05) is 0 Å². The summed E-state index contributed by atoms with van der Waals surface area (Å²) in [5.41, 5.74) is 3.70. The molecule has 6 nitrogen and oxygen atoms in total. The number of nitrogens with one attached hydrogen (secondary N) is 1. The first kappa shape index (κ1) is 12.6. The molecule has 0 unspecified atom stereocenters. The predicted octanol–water partition coefficient (Wildman–Crippen LogP) is 0.663. The number of piperazine rings is 1. The molecule has 0 atom stereocenters. The van der Waals surface area contributed by atoms with Crippen LogP contribution in [-0.2, 0) is 0 Å². The van der Waals surface area contributed by atoms with Crippen molar-refractivity contribution in [3.8, 4) is 0 Å². The molecular weight excluding hydrogens is 240 g/mol. The van der Waals surface area contributed by atoms with Gasteiger partial charge in [0.1, 0.15) is 17.5 Å². The Bertz CT molecular complexity index is 462. The normalized spacial score (nSPS) is 20.7. The zero-order valence-electron chi connectivity index (χ0n) is 11.7. The van der Waals surface area contributed by atoms with E-state index in [1.165, 1.54) is 12.8 Å². The maximum atomic E-state index is 5.52. The summed E-state index contributed by atoms with van der Waals surface area (Å²) in [5, 5.41) is 0. The highest BCUT2D eigenvalue weighted by Gasteiger charge is 2.31. The summed E-state index contributed by atoms with van der Waals surface area (Å²) in [6, 6.07) is 0.858. The monoisotopic (exact) mass is 262 g/mol. The Labute approximate surface area is 114 Å². The van der Waals surface area contributed by atoms with Gasteiger partial charge in [-0.05, 0) is 26.7 Å². The molecule has 104 valence electrons. The Hall–Kier alpha value is -1.40. The molecule has 1 aliphatic heterocycles. The van der Waals surface area contributed by atoms with Crippen LogP contribution in [0.15, 0.2) is 0 Å². The van der Waals surface area contributed by atoms with Gasteiger partial charge < -0.3 is 10.3 Å². The van der Waals surface area contributed by atoms with E-state index >= 15 is 0 Å². The summed E-state index contributed by atoms with van der Waals surface area (Å²) in [5.74, 6) is 8.04. The minimum Gasteiger partial charge on any atom is -0.354 e. The molecule has 1 saturated carbocycles. The number of nitrogens with two attached hydrogens (primary N) is 1. The Morgan fingerprint density at radius 2 is 1.79 bits per heavy atom. The molecule has 0 bridgehead atoms. The number of rotatable bonds is 3. The van der Waals surface area contributed by atoms with Gasteiger partial charge in [-0.15, -0.1) is 0 Å². The number of nitrogens with zero attached hydrogens (tertiary/aromatic N) is 4. The molecule has 3 N–H and O–H groups in total. The van der Waals surface area contributed by atoms with Crippen molar-refractivity contribution in [3.63, 3.8) is 0 Å². The first-order chi connectivity index (χ1) is 9.19. The highest BCUT2D eigenvalue weighted by molar-refractivity contribution is 5.58. The van der Waals surface area contributed by atoms with Gasteiger partial charge in [-0.25, -0.2) is 15.8 Å². The third-order valence-corrected chi connectivity index (χ3v) is 4.05. The van der Waals surface area contributed by atoms with E-state index < -0.39 is 0 Å². The van der Waals surface area contributed by atoms with Gasteiger partial charge in [-0.3, -0.25) is 4.90 Å². The van der Waals surface area contributed by atoms with Crippen molar-refractivity contribution in [2.24, 2.45) is 5.84 Å². The van der Waals surface area contributed by atoms with Crippen LogP contribution in [0, 0.1) is 13.8 Å². The van der Waals surface area contributed by atoms with Gasteiger partial charge in [0, 0.05) is 37.8 Å². The van der Waals surface area contributed by atoms with Gasteiger partial charge in [0.05, 0.1) is 0 Å².